The fourth-order valence-corrected chi connectivity index (χ4v) is 2.03. The Balaban J connectivity index is 2.36. The van der Waals surface area contributed by atoms with Crippen LogP contribution in [0.1, 0.15) is 24.0 Å². The zero-order valence-corrected chi connectivity index (χ0v) is 12.0. The molecule has 0 fully saturated rings. The number of rotatable bonds is 6. The molecule has 0 saturated heterocycles. The summed E-state index contributed by atoms with van der Waals surface area (Å²) >= 11 is 0. The molecule has 2 rings (SSSR count). The van der Waals surface area contributed by atoms with Crippen LogP contribution >= 0.6 is 0 Å². The summed E-state index contributed by atoms with van der Waals surface area (Å²) in [6.45, 7) is 1.56. The van der Waals surface area contributed by atoms with Crippen molar-refractivity contribution in [3.8, 4) is 11.5 Å². The number of aliphatic carboxylic acids is 2. The smallest absolute Gasteiger partial charge is 0.310 e. The van der Waals surface area contributed by atoms with E-state index in [1.54, 1.807) is 37.3 Å². The maximum Gasteiger partial charge on any atom is 0.310 e. The van der Waals surface area contributed by atoms with Gasteiger partial charge in [0.15, 0.2) is 0 Å². The maximum atomic E-state index is 11.1. The van der Waals surface area contributed by atoms with E-state index in [0.29, 0.717) is 22.6 Å². The van der Waals surface area contributed by atoms with Crippen molar-refractivity contribution < 1.29 is 24.5 Å². The van der Waals surface area contributed by atoms with Gasteiger partial charge in [-0.3, -0.25) is 9.59 Å². The third-order valence-corrected chi connectivity index (χ3v) is 3.27. The molecule has 1 unspecified atom stereocenters. The summed E-state index contributed by atoms with van der Waals surface area (Å²) in [7, 11) is 0. The molecule has 114 valence electrons. The second-order valence-corrected chi connectivity index (χ2v) is 4.91. The molecule has 5 heteroatoms. The van der Waals surface area contributed by atoms with Crippen LogP contribution in [-0.2, 0) is 16.0 Å². The normalized spacial score (nSPS) is 11.7. The molecule has 0 aliphatic rings. The highest BCUT2D eigenvalue weighted by Gasteiger charge is 2.17. The number of carboxylic acid groups (broad SMARTS) is 2. The molecule has 1 atom stereocenters. The Morgan fingerprint density at radius 2 is 1.77 bits per heavy atom. The van der Waals surface area contributed by atoms with E-state index in [4.69, 9.17) is 14.9 Å². The molecule has 0 aromatic heterocycles. The predicted molar refractivity (Wildman–Crippen MR) is 80.3 cm³/mol. The molecule has 0 aliphatic heterocycles. The van der Waals surface area contributed by atoms with Crippen molar-refractivity contribution in [2.75, 3.05) is 0 Å². The quantitative estimate of drug-likeness (QED) is 0.855. The number of carboxylic acids is 2. The first-order valence-electron chi connectivity index (χ1n) is 6.77. The fraction of sp³-hybridized carbons (Fsp3) is 0.176. The lowest BCUT2D eigenvalue weighted by Crippen LogP contribution is -2.09. The van der Waals surface area contributed by atoms with Crippen LogP contribution in [0, 0.1) is 0 Å². The van der Waals surface area contributed by atoms with Crippen LogP contribution in [0.25, 0.3) is 0 Å². The highest BCUT2D eigenvalue weighted by atomic mass is 16.5. The Bertz CT molecular complexity index is 679. The van der Waals surface area contributed by atoms with Crippen molar-refractivity contribution in [2.24, 2.45) is 0 Å². The van der Waals surface area contributed by atoms with Crippen LogP contribution in [0.15, 0.2) is 48.5 Å². The highest BCUT2D eigenvalue weighted by molar-refractivity contribution is 5.76. The van der Waals surface area contributed by atoms with Gasteiger partial charge in [0.25, 0.3) is 0 Å². The molecule has 2 N–H and O–H groups in total. The number of hydrogen-bond acceptors (Lipinski definition) is 3. The van der Waals surface area contributed by atoms with Crippen LogP contribution in [0.2, 0.25) is 0 Å². The van der Waals surface area contributed by atoms with Crippen molar-refractivity contribution in [1.82, 2.24) is 0 Å². The lowest BCUT2D eigenvalue weighted by Gasteiger charge is -2.13. The molecule has 0 aliphatic carbocycles. The number of benzene rings is 2. The summed E-state index contributed by atoms with van der Waals surface area (Å²) in [4.78, 5) is 22.1. The molecule has 0 saturated carbocycles. The third-order valence-electron chi connectivity index (χ3n) is 3.27. The molecular weight excluding hydrogens is 284 g/mol. The standard InChI is InChI=1S/C17H16O5/c1-11(17(20)21)12-7-8-15(13(9-12)10-16(18)19)22-14-5-3-2-4-6-14/h2-9,11H,10H2,1H3,(H,18,19)(H,20,21). The zero-order valence-electron chi connectivity index (χ0n) is 12.0. The monoisotopic (exact) mass is 300 g/mol. The molecule has 0 radical (unpaired) electrons. The molecular formula is C17H16O5. The SMILES string of the molecule is CC(C(=O)O)c1ccc(Oc2ccccc2)c(CC(=O)O)c1. The van der Waals surface area contributed by atoms with E-state index in [1.165, 1.54) is 0 Å². The van der Waals surface area contributed by atoms with Gasteiger partial charge in [-0.15, -0.1) is 0 Å². The second-order valence-electron chi connectivity index (χ2n) is 4.91. The Morgan fingerprint density at radius 3 is 2.36 bits per heavy atom. The van der Waals surface area contributed by atoms with E-state index >= 15 is 0 Å². The van der Waals surface area contributed by atoms with Gasteiger partial charge < -0.3 is 14.9 Å². The van der Waals surface area contributed by atoms with Gasteiger partial charge in [0, 0.05) is 5.56 Å². The van der Waals surface area contributed by atoms with E-state index in [2.05, 4.69) is 0 Å². The van der Waals surface area contributed by atoms with Gasteiger partial charge in [-0.2, -0.15) is 0 Å². The van der Waals surface area contributed by atoms with Gasteiger partial charge in [-0.05, 0) is 30.7 Å². The predicted octanol–water partition coefficient (Wildman–Crippen LogP) is 3.29. The van der Waals surface area contributed by atoms with Crippen molar-refractivity contribution in [3.63, 3.8) is 0 Å². The average molecular weight is 300 g/mol. The molecule has 22 heavy (non-hydrogen) atoms. The Hall–Kier alpha value is -2.82. The summed E-state index contributed by atoms with van der Waals surface area (Å²) in [5, 5.41) is 18.1. The van der Waals surface area contributed by atoms with Crippen LogP contribution in [0.4, 0.5) is 0 Å². The van der Waals surface area contributed by atoms with Gasteiger partial charge in [-0.1, -0.05) is 30.3 Å². The average Bonchev–Trinajstić information content (AvgIpc) is 2.48. The van der Waals surface area contributed by atoms with Crippen LogP contribution in [0.5, 0.6) is 11.5 Å². The number of ether oxygens (including phenoxy) is 1. The number of para-hydroxylation sites is 1. The first-order chi connectivity index (χ1) is 10.5. The fourth-order valence-electron chi connectivity index (χ4n) is 2.03. The number of hydrogen-bond donors (Lipinski definition) is 2. The molecule has 2 aromatic rings. The summed E-state index contributed by atoms with van der Waals surface area (Å²) in [5.41, 5.74) is 0.992. The molecule has 0 spiro atoms. The molecule has 0 amide bonds. The molecule has 0 bridgehead atoms. The largest absolute Gasteiger partial charge is 0.481 e. The topological polar surface area (TPSA) is 83.8 Å². The third kappa shape index (κ3) is 3.85. The van der Waals surface area contributed by atoms with E-state index in [-0.39, 0.29) is 6.42 Å². The Morgan fingerprint density at radius 1 is 1.09 bits per heavy atom. The van der Waals surface area contributed by atoms with Gasteiger partial charge in [0.2, 0.25) is 0 Å². The van der Waals surface area contributed by atoms with Crippen molar-refractivity contribution in [3.05, 3.63) is 59.7 Å². The number of carbonyl (C=O) groups is 2. The van der Waals surface area contributed by atoms with Gasteiger partial charge in [-0.25, -0.2) is 0 Å². The summed E-state index contributed by atoms with van der Waals surface area (Å²) in [5.74, 6) is -1.67. The Kier molecular flexibility index (Phi) is 4.78. The maximum absolute atomic E-state index is 11.1. The minimum absolute atomic E-state index is 0.234. The highest BCUT2D eigenvalue weighted by Crippen LogP contribution is 2.29. The van der Waals surface area contributed by atoms with Gasteiger partial charge in [0.1, 0.15) is 11.5 Å². The van der Waals surface area contributed by atoms with Crippen LogP contribution in [-0.4, -0.2) is 22.2 Å². The zero-order chi connectivity index (χ0) is 16.1. The summed E-state index contributed by atoms with van der Waals surface area (Å²) < 4.78 is 5.69. The first kappa shape index (κ1) is 15.6. The Labute approximate surface area is 127 Å². The van der Waals surface area contributed by atoms with E-state index < -0.39 is 17.9 Å². The van der Waals surface area contributed by atoms with Gasteiger partial charge in [0.05, 0.1) is 12.3 Å². The molecule has 2 aromatic carbocycles. The van der Waals surface area contributed by atoms with E-state index in [1.807, 2.05) is 18.2 Å². The lowest BCUT2D eigenvalue weighted by molar-refractivity contribution is -0.138. The minimum Gasteiger partial charge on any atom is -0.481 e. The first-order valence-corrected chi connectivity index (χ1v) is 6.77. The summed E-state index contributed by atoms with van der Waals surface area (Å²) in [6.07, 6.45) is -0.234. The van der Waals surface area contributed by atoms with E-state index in [9.17, 15) is 9.59 Å². The van der Waals surface area contributed by atoms with Crippen molar-refractivity contribution in [2.45, 2.75) is 19.3 Å². The van der Waals surface area contributed by atoms with Crippen molar-refractivity contribution in [1.29, 1.82) is 0 Å². The molecule has 5 nitrogen and oxygen atoms in total. The van der Waals surface area contributed by atoms with E-state index in [0.717, 1.165) is 0 Å². The minimum atomic E-state index is -1.00. The second kappa shape index (κ2) is 6.76. The van der Waals surface area contributed by atoms with Gasteiger partial charge >= 0.3 is 11.9 Å². The van der Waals surface area contributed by atoms with Crippen LogP contribution < -0.4 is 4.74 Å². The van der Waals surface area contributed by atoms with Crippen molar-refractivity contribution >= 4 is 11.9 Å². The molecule has 0 heterocycles. The van der Waals surface area contributed by atoms with Crippen LogP contribution in [0.3, 0.4) is 0 Å². The summed E-state index contributed by atoms with van der Waals surface area (Å²) in [6, 6.07) is 13.8. The lowest BCUT2D eigenvalue weighted by atomic mass is 9.97.